The molecular weight excluding hydrogens is 250 g/mol. The van der Waals surface area contributed by atoms with Gasteiger partial charge in [-0.25, -0.2) is 0 Å². The van der Waals surface area contributed by atoms with Crippen LogP contribution in [0.2, 0.25) is 0 Å². The van der Waals surface area contributed by atoms with Gasteiger partial charge in [-0.2, -0.15) is 0 Å². The minimum absolute atomic E-state index is 0.122. The van der Waals surface area contributed by atoms with E-state index in [1.807, 2.05) is 43.3 Å². The van der Waals surface area contributed by atoms with Gasteiger partial charge in [0.05, 0.1) is 11.9 Å². The Morgan fingerprint density at radius 3 is 2.75 bits per heavy atom. The summed E-state index contributed by atoms with van der Waals surface area (Å²) >= 11 is 0. The fourth-order valence-electron chi connectivity index (χ4n) is 2.30. The number of rotatable bonds is 7. The van der Waals surface area contributed by atoms with Crippen LogP contribution in [0.15, 0.2) is 36.4 Å². The summed E-state index contributed by atoms with van der Waals surface area (Å²) in [4.78, 5) is 16.8. The van der Waals surface area contributed by atoms with Crippen LogP contribution in [0.1, 0.15) is 32.4 Å². The van der Waals surface area contributed by atoms with Crippen molar-refractivity contribution in [1.82, 2.24) is 4.98 Å². The number of hydrogen-bond acceptors (Lipinski definition) is 3. The van der Waals surface area contributed by atoms with Crippen molar-refractivity contribution in [2.24, 2.45) is 0 Å². The average molecular weight is 271 g/mol. The Balaban J connectivity index is 2.11. The first kappa shape index (κ1) is 14.7. The summed E-state index contributed by atoms with van der Waals surface area (Å²) in [6.45, 7) is 4.55. The lowest BCUT2D eigenvalue weighted by Crippen LogP contribution is -2.26. The van der Waals surface area contributed by atoms with Crippen molar-refractivity contribution in [2.45, 2.75) is 39.2 Å². The molecule has 106 valence electrons. The number of benzene rings is 1. The van der Waals surface area contributed by atoms with Crippen molar-refractivity contribution in [1.29, 1.82) is 0 Å². The highest BCUT2D eigenvalue weighted by Crippen LogP contribution is 2.14. The van der Waals surface area contributed by atoms with Gasteiger partial charge in [-0.15, -0.1) is 0 Å². The Bertz CT molecular complexity index is 574. The molecule has 3 nitrogen and oxygen atoms in total. The first-order valence-corrected chi connectivity index (χ1v) is 7.23. The topological polar surface area (TPSA) is 39.2 Å². The molecular formula is C17H21NO2. The van der Waals surface area contributed by atoms with Gasteiger partial charge in [-0.3, -0.25) is 9.78 Å². The molecule has 1 atom stereocenters. The Hall–Kier alpha value is -1.74. The van der Waals surface area contributed by atoms with Crippen LogP contribution in [0, 0.1) is 0 Å². The number of hydrogen-bond donors (Lipinski definition) is 0. The third kappa shape index (κ3) is 3.64. The van der Waals surface area contributed by atoms with E-state index in [0.29, 0.717) is 13.0 Å². The van der Waals surface area contributed by atoms with E-state index in [4.69, 9.17) is 4.74 Å². The maximum atomic E-state index is 12.3. The zero-order valence-corrected chi connectivity index (χ0v) is 12.1. The van der Waals surface area contributed by atoms with Crippen molar-refractivity contribution < 1.29 is 9.53 Å². The summed E-state index contributed by atoms with van der Waals surface area (Å²) < 4.78 is 5.53. The third-order valence-electron chi connectivity index (χ3n) is 3.29. The third-order valence-corrected chi connectivity index (χ3v) is 3.29. The number of Topliss-reactive ketones (excluding diaryl/α,β-unsaturated/α-hetero) is 1. The molecule has 0 fully saturated rings. The van der Waals surface area contributed by atoms with Crippen molar-refractivity contribution in [2.75, 3.05) is 6.61 Å². The van der Waals surface area contributed by atoms with E-state index in [1.165, 1.54) is 0 Å². The van der Waals surface area contributed by atoms with Gasteiger partial charge in [0.1, 0.15) is 6.10 Å². The van der Waals surface area contributed by atoms with Gasteiger partial charge < -0.3 is 4.74 Å². The standard InChI is InChI=1S/C17H21NO2/c1-3-7-17(20-4-2)16(19)12-14-11-10-13-8-5-6-9-15(13)18-14/h5-6,8-11,17H,3-4,7,12H2,1-2H3. The summed E-state index contributed by atoms with van der Waals surface area (Å²) in [5, 5.41) is 1.10. The van der Waals surface area contributed by atoms with Crippen LogP contribution in [0.4, 0.5) is 0 Å². The smallest absolute Gasteiger partial charge is 0.167 e. The van der Waals surface area contributed by atoms with Gasteiger partial charge >= 0.3 is 0 Å². The highest BCUT2D eigenvalue weighted by molar-refractivity contribution is 5.86. The second kappa shape index (κ2) is 7.15. The van der Waals surface area contributed by atoms with Crippen LogP contribution in [0.25, 0.3) is 10.9 Å². The van der Waals surface area contributed by atoms with E-state index in [-0.39, 0.29) is 11.9 Å². The van der Waals surface area contributed by atoms with Crippen LogP contribution in [0.3, 0.4) is 0 Å². The van der Waals surface area contributed by atoms with E-state index in [2.05, 4.69) is 11.9 Å². The molecule has 20 heavy (non-hydrogen) atoms. The Morgan fingerprint density at radius 2 is 2.00 bits per heavy atom. The highest BCUT2D eigenvalue weighted by atomic mass is 16.5. The molecule has 1 aromatic carbocycles. The van der Waals surface area contributed by atoms with Crippen LogP contribution in [-0.2, 0) is 16.0 Å². The monoisotopic (exact) mass is 271 g/mol. The van der Waals surface area contributed by atoms with Gasteiger partial charge in [0.15, 0.2) is 5.78 Å². The molecule has 0 saturated heterocycles. The Kier molecular flexibility index (Phi) is 5.24. The van der Waals surface area contributed by atoms with Crippen molar-refractivity contribution in [3.8, 4) is 0 Å². The number of fused-ring (bicyclic) bond motifs is 1. The van der Waals surface area contributed by atoms with Gasteiger partial charge in [-0.05, 0) is 25.5 Å². The number of carbonyl (C=O) groups is 1. The molecule has 2 rings (SSSR count). The first-order chi connectivity index (χ1) is 9.74. The van der Waals surface area contributed by atoms with Crippen LogP contribution in [-0.4, -0.2) is 23.5 Å². The molecule has 0 amide bonds. The normalized spacial score (nSPS) is 12.5. The molecule has 2 aromatic rings. The molecule has 0 aliphatic heterocycles. The second-order valence-corrected chi connectivity index (χ2v) is 4.87. The number of ketones is 1. The molecule has 0 radical (unpaired) electrons. The summed E-state index contributed by atoms with van der Waals surface area (Å²) in [7, 11) is 0. The van der Waals surface area contributed by atoms with Gasteiger partial charge in [0, 0.05) is 17.7 Å². The largest absolute Gasteiger partial charge is 0.371 e. The van der Waals surface area contributed by atoms with E-state index >= 15 is 0 Å². The molecule has 0 spiro atoms. The quantitative estimate of drug-likeness (QED) is 0.773. The van der Waals surface area contributed by atoms with E-state index < -0.39 is 0 Å². The minimum Gasteiger partial charge on any atom is -0.371 e. The molecule has 1 heterocycles. The molecule has 1 aromatic heterocycles. The van der Waals surface area contributed by atoms with Crippen LogP contribution >= 0.6 is 0 Å². The predicted molar refractivity (Wildman–Crippen MR) is 80.8 cm³/mol. The molecule has 1 unspecified atom stereocenters. The first-order valence-electron chi connectivity index (χ1n) is 7.23. The molecule has 0 aliphatic carbocycles. The van der Waals surface area contributed by atoms with Crippen molar-refractivity contribution >= 4 is 16.7 Å². The number of carbonyl (C=O) groups excluding carboxylic acids is 1. The second-order valence-electron chi connectivity index (χ2n) is 4.87. The molecule has 3 heteroatoms. The molecule has 0 saturated carbocycles. The number of pyridine rings is 1. The minimum atomic E-state index is -0.293. The molecule has 0 aliphatic rings. The lowest BCUT2D eigenvalue weighted by atomic mass is 10.0. The Morgan fingerprint density at radius 1 is 1.20 bits per heavy atom. The lowest BCUT2D eigenvalue weighted by Gasteiger charge is -2.14. The fraction of sp³-hybridized carbons (Fsp3) is 0.412. The summed E-state index contributed by atoms with van der Waals surface area (Å²) in [6.07, 6.45) is 1.77. The summed E-state index contributed by atoms with van der Waals surface area (Å²) in [5.41, 5.74) is 1.75. The number of aromatic nitrogens is 1. The zero-order valence-electron chi connectivity index (χ0n) is 12.1. The number of ether oxygens (including phenoxy) is 1. The fourth-order valence-corrected chi connectivity index (χ4v) is 2.30. The van der Waals surface area contributed by atoms with Gasteiger partial charge in [-0.1, -0.05) is 37.6 Å². The van der Waals surface area contributed by atoms with Crippen molar-refractivity contribution in [3.05, 3.63) is 42.1 Å². The maximum absolute atomic E-state index is 12.3. The Labute approximate surface area is 120 Å². The number of para-hydroxylation sites is 1. The van der Waals surface area contributed by atoms with Crippen molar-refractivity contribution in [3.63, 3.8) is 0 Å². The summed E-state index contributed by atoms with van der Waals surface area (Å²) in [6, 6.07) is 11.9. The van der Waals surface area contributed by atoms with E-state index in [1.54, 1.807) is 0 Å². The molecule has 0 bridgehead atoms. The predicted octanol–water partition coefficient (Wildman–Crippen LogP) is 3.55. The van der Waals surface area contributed by atoms with Crippen LogP contribution < -0.4 is 0 Å². The van der Waals surface area contributed by atoms with Gasteiger partial charge in [0.25, 0.3) is 0 Å². The highest BCUT2D eigenvalue weighted by Gasteiger charge is 2.18. The SMILES string of the molecule is CCCC(OCC)C(=O)Cc1ccc2ccccc2n1. The van der Waals surface area contributed by atoms with E-state index in [9.17, 15) is 4.79 Å². The summed E-state index contributed by atoms with van der Waals surface area (Å²) in [5.74, 6) is 0.122. The zero-order chi connectivity index (χ0) is 14.4. The lowest BCUT2D eigenvalue weighted by molar-refractivity contribution is -0.130. The maximum Gasteiger partial charge on any atom is 0.167 e. The number of nitrogens with zero attached hydrogens (tertiary/aromatic N) is 1. The van der Waals surface area contributed by atoms with Gasteiger partial charge in [0.2, 0.25) is 0 Å². The van der Waals surface area contributed by atoms with E-state index in [0.717, 1.165) is 29.4 Å². The van der Waals surface area contributed by atoms with Crippen LogP contribution in [0.5, 0.6) is 0 Å². The average Bonchev–Trinajstić information content (AvgIpc) is 2.47. The molecule has 0 N–H and O–H groups in total.